The largest absolute Gasteiger partial charge is 0.497 e. The summed E-state index contributed by atoms with van der Waals surface area (Å²) in [4.78, 5) is 14.7. The molecule has 0 unspecified atom stereocenters. The fourth-order valence-corrected chi connectivity index (χ4v) is 4.74. The molecule has 0 fully saturated rings. The Kier molecular flexibility index (Phi) is 7.60. The number of nitrogens with zero attached hydrogens (tertiary/aromatic N) is 2. The first-order chi connectivity index (χ1) is 15.8. The molecular formula is C25H28N2O5S. The summed E-state index contributed by atoms with van der Waals surface area (Å²) in [5.41, 5.74) is 2.13. The minimum absolute atomic E-state index is 0.0875. The van der Waals surface area contributed by atoms with Crippen LogP contribution in [0, 0.1) is 6.92 Å². The second kappa shape index (κ2) is 10.4. The SMILES string of the molecule is COc1ccc(N(CC(=O)N(C)Cc2ccccc2)S(=O)(=O)c2ccc(C)cc2)c(OC)c1. The van der Waals surface area contributed by atoms with Gasteiger partial charge in [0.2, 0.25) is 5.91 Å². The van der Waals surface area contributed by atoms with E-state index in [2.05, 4.69) is 0 Å². The van der Waals surface area contributed by atoms with Crippen LogP contribution in [0.15, 0.2) is 77.7 Å². The highest BCUT2D eigenvalue weighted by molar-refractivity contribution is 7.92. The fraction of sp³-hybridized carbons (Fsp3) is 0.240. The maximum absolute atomic E-state index is 13.7. The van der Waals surface area contributed by atoms with Gasteiger partial charge in [0.15, 0.2) is 0 Å². The maximum atomic E-state index is 13.7. The molecule has 7 nitrogen and oxygen atoms in total. The van der Waals surface area contributed by atoms with Crippen molar-refractivity contribution in [2.75, 3.05) is 32.1 Å². The molecule has 174 valence electrons. The molecule has 0 heterocycles. The molecular weight excluding hydrogens is 440 g/mol. The maximum Gasteiger partial charge on any atom is 0.264 e. The summed E-state index contributed by atoms with van der Waals surface area (Å²) in [6.45, 7) is 1.85. The quantitative estimate of drug-likeness (QED) is 0.477. The summed E-state index contributed by atoms with van der Waals surface area (Å²) in [5, 5.41) is 0. The summed E-state index contributed by atoms with van der Waals surface area (Å²) in [5.74, 6) is 0.437. The van der Waals surface area contributed by atoms with Crippen molar-refractivity contribution in [1.29, 1.82) is 0 Å². The number of methoxy groups -OCH3 is 2. The van der Waals surface area contributed by atoms with Gasteiger partial charge in [-0.25, -0.2) is 8.42 Å². The molecule has 0 N–H and O–H groups in total. The Morgan fingerprint density at radius 1 is 0.909 bits per heavy atom. The minimum Gasteiger partial charge on any atom is -0.497 e. The van der Waals surface area contributed by atoms with Gasteiger partial charge in [-0.3, -0.25) is 9.10 Å². The molecule has 8 heteroatoms. The van der Waals surface area contributed by atoms with Crippen molar-refractivity contribution in [2.24, 2.45) is 0 Å². The van der Waals surface area contributed by atoms with Crippen LogP contribution in [-0.4, -0.2) is 47.0 Å². The van der Waals surface area contributed by atoms with Gasteiger partial charge in [0, 0.05) is 19.7 Å². The second-order valence-electron chi connectivity index (χ2n) is 7.60. The standard InChI is InChI=1S/C25H28N2O5S/c1-19-10-13-22(14-11-19)33(29,30)27(23-15-12-21(31-3)16-24(23)32-4)18-25(28)26(2)17-20-8-6-5-7-9-20/h5-16H,17-18H2,1-4H3. The summed E-state index contributed by atoms with van der Waals surface area (Å²) in [7, 11) is 0.545. The van der Waals surface area contributed by atoms with Gasteiger partial charge in [-0.05, 0) is 36.8 Å². The molecule has 0 aliphatic heterocycles. The molecule has 33 heavy (non-hydrogen) atoms. The van der Waals surface area contributed by atoms with Crippen molar-refractivity contribution in [1.82, 2.24) is 4.90 Å². The van der Waals surface area contributed by atoms with Gasteiger partial charge in [0.1, 0.15) is 18.0 Å². The van der Waals surface area contributed by atoms with Crippen LogP contribution in [0.2, 0.25) is 0 Å². The van der Waals surface area contributed by atoms with Crippen molar-refractivity contribution in [2.45, 2.75) is 18.4 Å². The number of hydrogen-bond acceptors (Lipinski definition) is 5. The van der Waals surface area contributed by atoms with Crippen LogP contribution in [0.5, 0.6) is 11.5 Å². The van der Waals surface area contributed by atoms with Gasteiger partial charge in [-0.1, -0.05) is 48.0 Å². The van der Waals surface area contributed by atoms with E-state index in [0.717, 1.165) is 15.4 Å². The molecule has 0 aliphatic rings. The van der Waals surface area contributed by atoms with Crippen LogP contribution in [0.3, 0.4) is 0 Å². The van der Waals surface area contributed by atoms with E-state index in [1.807, 2.05) is 37.3 Å². The third-order valence-corrected chi connectivity index (χ3v) is 7.01. The average Bonchev–Trinajstić information content (AvgIpc) is 2.82. The number of benzene rings is 3. The highest BCUT2D eigenvalue weighted by Gasteiger charge is 2.30. The third kappa shape index (κ3) is 5.64. The topological polar surface area (TPSA) is 76.2 Å². The highest BCUT2D eigenvalue weighted by atomic mass is 32.2. The Morgan fingerprint density at radius 3 is 2.18 bits per heavy atom. The number of aryl methyl sites for hydroxylation is 1. The highest BCUT2D eigenvalue weighted by Crippen LogP contribution is 2.35. The first-order valence-electron chi connectivity index (χ1n) is 10.4. The molecule has 0 aromatic heterocycles. The Labute approximate surface area is 195 Å². The number of sulfonamides is 1. The molecule has 3 aromatic rings. The van der Waals surface area contributed by atoms with Crippen LogP contribution < -0.4 is 13.8 Å². The number of likely N-dealkylation sites (N-methyl/N-ethyl adjacent to an activating group) is 1. The predicted molar refractivity (Wildman–Crippen MR) is 128 cm³/mol. The smallest absolute Gasteiger partial charge is 0.264 e. The van der Waals surface area contributed by atoms with Gasteiger partial charge in [-0.2, -0.15) is 0 Å². The Bertz CT molecular complexity index is 1200. The van der Waals surface area contributed by atoms with E-state index >= 15 is 0 Å². The summed E-state index contributed by atoms with van der Waals surface area (Å²) in [6, 6.07) is 20.8. The van der Waals surface area contributed by atoms with Gasteiger partial charge in [-0.15, -0.1) is 0 Å². The summed E-state index contributed by atoms with van der Waals surface area (Å²) in [6.07, 6.45) is 0. The molecule has 0 radical (unpaired) electrons. The fourth-order valence-electron chi connectivity index (χ4n) is 3.32. The zero-order valence-electron chi connectivity index (χ0n) is 19.2. The molecule has 1 amide bonds. The first-order valence-corrected chi connectivity index (χ1v) is 11.8. The second-order valence-corrected chi connectivity index (χ2v) is 9.46. The number of rotatable bonds is 9. The Balaban J connectivity index is 2.00. The number of hydrogen-bond donors (Lipinski definition) is 0. The van der Waals surface area contributed by atoms with Gasteiger partial charge < -0.3 is 14.4 Å². The number of amides is 1. The van der Waals surface area contributed by atoms with Crippen LogP contribution in [0.4, 0.5) is 5.69 Å². The van der Waals surface area contributed by atoms with Crippen LogP contribution in [-0.2, 0) is 21.4 Å². The van der Waals surface area contributed by atoms with Crippen molar-refractivity contribution < 1.29 is 22.7 Å². The minimum atomic E-state index is -4.06. The Morgan fingerprint density at radius 2 is 1.58 bits per heavy atom. The first kappa shape index (κ1) is 24.1. The normalized spacial score (nSPS) is 11.0. The monoisotopic (exact) mass is 468 g/mol. The molecule has 0 spiro atoms. The van der Waals surface area contributed by atoms with Crippen molar-refractivity contribution >= 4 is 21.6 Å². The van der Waals surface area contributed by atoms with Crippen molar-refractivity contribution in [3.8, 4) is 11.5 Å². The average molecular weight is 469 g/mol. The molecule has 0 aliphatic carbocycles. The van der Waals surface area contributed by atoms with Crippen molar-refractivity contribution in [3.63, 3.8) is 0 Å². The van der Waals surface area contributed by atoms with Gasteiger partial charge in [0.25, 0.3) is 10.0 Å². The number of carbonyl (C=O) groups excluding carboxylic acids is 1. The van der Waals surface area contributed by atoms with Gasteiger partial charge >= 0.3 is 0 Å². The summed E-state index contributed by atoms with van der Waals surface area (Å²) >= 11 is 0. The molecule has 0 saturated heterocycles. The number of ether oxygens (including phenoxy) is 2. The molecule has 0 saturated carbocycles. The lowest BCUT2D eigenvalue weighted by molar-refractivity contribution is -0.128. The van der Waals surface area contributed by atoms with E-state index in [1.54, 1.807) is 37.4 Å². The van der Waals surface area contributed by atoms with Crippen LogP contribution in [0.25, 0.3) is 0 Å². The van der Waals surface area contributed by atoms with E-state index in [-0.39, 0.29) is 28.8 Å². The van der Waals surface area contributed by atoms with Gasteiger partial charge in [0.05, 0.1) is 24.8 Å². The lowest BCUT2D eigenvalue weighted by atomic mass is 10.2. The van der Waals surface area contributed by atoms with Crippen LogP contribution in [0.1, 0.15) is 11.1 Å². The third-order valence-electron chi connectivity index (χ3n) is 5.23. The molecule has 3 aromatic carbocycles. The van der Waals surface area contributed by atoms with E-state index in [9.17, 15) is 13.2 Å². The van der Waals surface area contributed by atoms with Crippen LogP contribution >= 0.6 is 0 Å². The molecule has 3 rings (SSSR count). The van der Waals surface area contributed by atoms with Crippen molar-refractivity contribution in [3.05, 3.63) is 83.9 Å². The zero-order chi connectivity index (χ0) is 24.0. The van der Waals surface area contributed by atoms with E-state index in [4.69, 9.17) is 9.47 Å². The summed E-state index contributed by atoms with van der Waals surface area (Å²) < 4.78 is 39.1. The molecule has 0 atom stereocenters. The predicted octanol–water partition coefficient (Wildman–Crippen LogP) is 3.87. The van der Waals surface area contributed by atoms with E-state index < -0.39 is 10.0 Å². The number of carbonyl (C=O) groups is 1. The van der Waals surface area contributed by atoms with E-state index in [1.165, 1.54) is 31.3 Å². The molecule has 0 bridgehead atoms. The Hall–Kier alpha value is -3.52. The number of anilines is 1. The van der Waals surface area contributed by atoms with E-state index in [0.29, 0.717) is 12.3 Å². The lowest BCUT2D eigenvalue weighted by Gasteiger charge is -2.28. The zero-order valence-corrected chi connectivity index (χ0v) is 20.0. The lowest BCUT2D eigenvalue weighted by Crippen LogP contribution is -2.41.